The number of benzene rings is 2. The van der Waals surface area contributed by atoms with Crippen LogP contribution in [0.1, 0.15) is 5.56 Å². The molecule has 3 aromatic heterocycles. The first-order chi connectivity index (χ1) is 16.3. The van der Waals surface area contributed by atoms with Gasteiger partial charge in [-0.15, -0.1) is 6.58 Å². The lowest BCUT2D eigenvalue weighted by atomic mass is 10.1. The third-order valence-electron chi connectivity index (χ3n) is 5.72. The number of aryl methyl sites for hydroxylation is 1. The summed E-state index contributed by atoms with van der Waals surface area (Å²) in [6.45, 7) is 5.86. The zero-order valence-corrected chi connectivity index (χ0v) is 20.7. The number of aromatic nitrogens is 3. The van der Waals surface area contributed by atoms with Crippen LogP contribution in [0.4, 0.5) is 0 Å². The summed E-state index contributed by atoms with van der Waals surface area (Å²) in [5.41, 5.74) is 2.72. The molecule has 0 fully saturated rings. The molecule has 170 valence electrons. The van der Waals surface area contributed by atoms with Crippen molar-refractivity contribution in [3.05, 3.63) is 106 Å². The van der Waals surface area contributed by atoms with Crippen molar-refractivity contribution in [3.8, 4) is 11.3 Å². The molecule has 8 heteroatoms. The summed E-state index contributed by atoms with van der Waals surface area (Å²) in [7, 11) is -3.98. The van der Waals surface area contributed by atoms with Gasteiger partial charge in [-0.1, -0.05) is 45.8 Å². The average Bonchev–Trinajstić information content (AvgIpc) is 3.27. The van der Waals surface area contributed by atoms with Crippen LogP contribution in [0, 0.1) is 6.92 Å². The van der Waals surface area contributed by atoms with E-state index in [0.717, 1.165) is 24.9 Å². The molecule has 0 aliphatic carbocycles. The van der Waals surface area contributed by atoms with Gasteiger partial charge in [0.25, 0.3) is 15.6 Å². The molecule has 3 heterocycles. The maximum atomic E-state index is 13.5. The summed E-state index contributed by atoms with van der Waals surface area (Å²) in [6, 6.07) is 17.8. The van der Waals surface area contributed by atoms with Crippen molar-refractivity contribution in [2.45, 2.75) is 18.4 Å². The van der Waals surface area contributed by atoms with Gasteiger partial charge < -0.3 is 4.57 Å². The van der Waals surface area contributed by atoms with Crippen LogP contribution in [-0.2, 0) is 16.6 Å². The number of nitrogens with zero attached hydrogens (tertiary/aromatic N) is 3. The van der Waals surface area contributed by atoms with Crippen LogP contribution in [0.5, 0.6) is 0 Å². The van der Waals surface area contributed by atoms with Crippen LogP contribution in [-0.4, -0.2) is 21.9 Å². The molecule has 0 bridgehead atoms. The molecule has 0 aliphatic rings. The number of hydrogen-bond donors (Lipinski definition) is 0. The van der Waals surface area contributed by atoms with E-state index in [1.165, 1.54) is 10.8 Å². The average molecular weight is 534 g/mol. The number of hydrogen-bond acceptors (Lipinski definition) is 4. The molecule has 0 saturated heterocycles. The van der Waals surface area contributed by atoms with Crippen LogP contribution in [0.25, 0.3) is 33.1 Å². The lowest BCUT2D eigenvalue weighted by molar-refractivity contribution is 0.588. The van der Waals surface area contributed by atoms with Gasteiger partial charge in [0.2, 0.25) is 0 Å². The number of halogens is 1. The largest absolute Gasteiger partial charge is 0.309 e. The summed E-state index contributed by atoms with van der Waals surface area (Å²) in [4.78, 5) is 18.3. The van der Waals surface area contributed by atoms with Gasteiger partial charge in [0, 0.05) is 39.7 Å². The normalized spacial score (nSPS) is 11.8. The van der Waals surface area contributed by atoms with E-state index in [0.29, 0.717) is 16.6 Å². The van der Waals surface area contributed by atoms with Crippen LogP contribution in [0.3, 0.4) is 0 Å². The van der Waals surface area contributed by atoms with Crippen LogP contribution >= 0.6 is 15.9 Å². The fourth-order valence-electron chi connectivity index (χ4n) is 4.01. The van der Waals surface area contributed by atoms with E-state index >= 15 is 0 Å². The van der Waals surface area contributed by atoms with Gasteiger partial charge in [-0.3, -0.25) is 4.79 Å². The van der Waals surface area contributed by atoms with Gasteiger partial charge in [-0.2, -0.15) is 0 Å². The molecule has 2 aromatic carbocycles. The highest BCUT2D eigenvalue weighted by Gasteiger charge is 2.23. The van der Waals surface area contributed by atoms with Crippen molar-refractivity contribution in [1.82, 2.24) is 13.5 Å². The molecule has 0 N–H and O–H groups in total. The maximum absolute atomic E-state index is 13.5. The van der Waals surface area contributed by atoms with Crippen molar-refractivity contribution in [1.29, 1.82) is 0 Å². The van der Waals surface area contributed by atoms with Crippen molar-refractivity contribution in [3.63, 3.8) is 0 Å². The Morgan fingerprint density at radius 1 is 1.06 bits per heavy atom. The van der Waals surface area contributed by atoms with Crippen molar-refractivity contribution in [2.75, 3.05) is 0 Å². The van der Waals surface area contributed by atoms with Gasteiger partial charge in [0.15, 0.2) is 0 Å². The predicted molar refractivity (Wildman–Crippen MR) is 139 cm³/mol. The summed E-state index contributed by atoms with van der Waals surface area (Å²) >= 11 is 3.47. The second kappa shape index (κ2) is 8.38. The maximum Gasteiger partial charge on any atom is 0.276 e. The molecule has 0 unspecified atom stereocenters. The zero-order valence-electron chi connectivity index (χ0n) is 18.3. The van der Waals surface area contributed by atoms with Crippen LogP contribution in [0.2, 0.25) is 0 Å². The predicted octanol–water partition coefficient (Wildman–Crippen LogP) is 5.51. The molecule has 0 amide bonds. The zero-order chi connectivity index (χ0) is 24.0. The van der Waals surface area contributed by atoms with Crippen molar-refractivity contribution < 1.29 is 8.42 Å². The van der Waals surface area contributed by atoms with Gasteiger partial charge in [-0.05, 0) is 49.4 Å². The third kappa shape index (κ3) is 3.69. The van der Waals surface area contributed by atoms with Crippen molar-refractivity contribution in [2.24, 2.45) is 0 Å². The van der Waals surface area contributed by atoms with E-state index in [-0.39, 0.29) is 17.0 Å². The summed E-state index contributed by atoms with van der Waals surface area (Å²) in [5.74, 6) is 0. The molecule has 6 nitrogen and oxygen atoms in total. The summed E-state index contributed by atoms with van der Waals surface area (Å²) in [5, 5.41) is 1.48. The summed E-state index contributed by atoms with van der Waals surface area (Å²) < 4.78 is 30.4. The molecule has 0 saturated carbocycles. The Balaban J connectivity index is 1.79. The van der Waals surface area contributed by atoms with Gasteiger partial charge in [-0.25, -0.2) is 17.4 Å². The molecule has 34 heavy (non-hydrogen) atoms. The standard InChI is InChI=1S/C26H20BrN3O3S/c1-3-13-29-16-22(24-10-6-18-15-19(27)7-11-23(18)28-24)21-12-14-30(25(21)26(29)31)34(32,33)20-8-4-17(2)5-9-20/h3-12,14-16H,1,13H2,2H3. The minimum absolute atomic E-state index is 0.0811. The topological polar surface area (TPSA) is 74.0 Å². The quantitative estimate of drug-likeness (QED) is 0.279. The fourth-order valence-corrected chi connectivity index (χ4v) is 5.73. The lowest BCUT2D eigenvalue weighted by Crippen LogP contribution is -2.24. The molecule has 5 aromatic rings. The van der Waals surface area contributed by atoms with Crippen LogP contribution < -0.4 is 5.56 Å². The highest BCUT2D eigenvalue weighted by Crippen LogP contribution is 2.30. The smallest absolute Gasteiger partial charge is 0.276 e. The molecule has 0 aliphatic heterocycles. The Kier molecular flexibility index (Phi) is 5.50. The Labute approximate surface area is 205 Å². The number of rotatable bonds is 5. The van der Waals surface area contributed by atoms with E-state index in [1.807, 2.05) is 37.3 Å². The Morgan fingerprint density at radius 2 is 1.82 bits per heavy atom. The molecular weight excluding hydrogens is 514 g/mol. The second-order valence-electron chi connectivity index (χ2n) is 8.01. The van der Waals surface area contributed by atoms with E-state index in [4.69, 9.17) is 4.98 Å². The first kappa shape index (κ1) is 22.3. The minimum Gasteiger partial charge on any atom is -0.309 e. The van der Waals surface area contributed by atoms with Crippen molar-refractivity contribution >= 4 is 47.8 Å². The first-order valence-corrected chi connectivity index (χ1v) is 12.8. The first-order valence-electron chi connectivity index (χ1n) is 10.5. The second-order valence-corrected chi connectivity index (χ2v) is 10.7. The lowest BCUT2D eigenvalue weighted by Gasteiger charge is -2.12. The van der Waals surface area contributed by atoms with Gasteiger partial charge in [0.1, 0.15) is 5.52 Å². The minimum atomic E-state index is -3.98. The molecule has 0 radical (unpaired) electrons. The fraction of sp³-hybridized carbons (Fsp3) is 0.0769. The number of allylic oxidation sites excluding steroid dienone is 1. The Hall–Kier alpha value is -3.49. The van der Waals surface area contributed by atoms with Gasteiger partial charge >= 0.3 is 0 Å². The highest BCUT2D eigenvalue weighted by atomic mass is 79.9. The molecule has 0 atom stereocenters. The Morgan fingerprint density at radius 3 is 2.56 bits per heavy atom. The number of fused-ring (bicyclic) bond motifs is 2. The molecule has 5 rings (SSSR count). The van der Waals surface area contributed by atoms with E-state index in [9.17, 15) is 13.2 Å². The highest BCUT2D eigenvalue weighted by molar-refractivity contribution is 9.10. The third-order valence-corrected chi connectivity index (χ3v) is 7.90. The van der Waals surface area contributed by atoms with E-state index < -0.39 is 15.6 Å². The monoisotopic (exact) mass is 533 g/mol. The van der Waals surface area contributed by atoms with Gasteiger partial charge in [0.05, 0.1) is 16.1 Å². The van der Waals surface area contributed by atoms with E-state index in [2.05, 4.69) is 22.5 Å². The van der Waals surface area contributed by atoms with E-state index in [1.54, 1.807) is 42.6 Å². The number of pyridine rings is 2. The SMILES string of the molecule is C=CCn1cc(-c2ccc3cc(Br)ccc3n2)c2ccn(S(=O)(=O)c3ccc(C)cc3)c2c1=O. The summed E-state index contributed by atoms with van der Waals surface area (Å²) in [6.07, 6.45) is 4.74. The molecular formula is C26H20BrN3O3S. The molecule has 0 spiro atoms. The Bertz CT molecular complexity index is 1750. The van der Waals surface area contributed by atoms with Crippen LogP contribution in [0.15, 0.2) is 99.9 Å².